The number of benzene rings is 1. The van der Waals surface area contributed by atoms with Crippen LogP contribution in [-0.4, -0.2) is 12.0 Å². The maximum atomic E-state index is 12.5. The molecule has 0 fully saturated rings. The Labute approximate surface area is 90.6 Å². The molecule has 1 rings (SSSR count). The SMILES string of the molecule is N=CC(=O)CCc1ccccc1C(F)(F)F. The second-order valence-electron chi connectivity index (χ2n) is 3.27. The van der Waals surface area contributed by atoms with Crippen molar-refractivity contribution in [3.63, 3.8) is 0 Å². The summed E-state index contributed by atoms with van der Waals surface area (Å²) in [6.45, 7) is 0. The van der Waals surface area contributed by atoms with Crippen molar-refractivity contribution in [1.82, 2.24) is 0 Å². The van der Waals surface area contributed by atoms with E-state index in [1.807, 2.05) is 0 Å². The zero-order chi connectivity index (χ0) is 12.2. The van der Waals surface area contributed by atoms with Crippen LogP contribution in [0.4, 0.5) is 13.2 Å². The highest BCUT2D eigenvalue weighted by molar-refractivity contribution is 6.26. The second kappa shape index (κ2) is 4.92. The maximum Gasteiger partial charge on any atom is 0.416 e. The van der Waals surface area contributed by atoms with E-state index in [4.69, 9.17) is 5.41 Å². The molecular weight excluding hydrogens is 219 g/mol. The topological polar surface area (TPSA) is 40.9 Å². The van der Waals surface area contributed by atoms with Crippen LogP contribution in [0.3, 0.4) is 0 Å². The van der Waals surface area contributed by atoms with Crippen molar-refractivity contribution in [2.75, 3.05) is 0 Å². The third-order valence-corrected chi connectivity index (χ3v) is 2.12. The number of carbonyl (C=O) groups excluding carboxylic acids is 1. The van der Waals surface area contributed by atoms with Gasteiger partial charge in [-0.2, -0.15) is 13.2 Å². The van der Waals surface area contributed by atoms with Gasteiger partial charge in [0.2, 0.25) is 0 Å². The number of halogens is 3. The van der Waals surface area contributed by atoms with Crippen molar-refractivity contribution in [2.45, 2.75) is 19.0 Å². The highest BCUT2D eigenvalue weighted by Gasteiger charge is 2.32. The van der Waals surface area contributed by atoms with Gasteiger partial charge >= 0.3 is 6.18 Å². The van der Waals surface area contributed by atoms with Gasteiger partial charge in [-0.25, -0.2) is 0 Å². The molecule has 0 atom stereocenters. The van der Waals surface area contributed by atoms with E-state index in [0.29, 0.717) is 6.21 Å². The van der Waals surface area contributed by atoms with Gasteiger partial charge in [-0.1, -0.05) is 18.2 Å². The molecule has 86 valence electrons. The number of nitrogens with one attached hydrogen (secondary N) is 1. The van der Waals surface area contributed by atoms with Crippen LogP contribution in [-0.2, 0) is 17.4 Å². The zero-order valence-corrected chi connectivity index (χ0v) is 8.34. The van der Waals surface area contributed by atoms with Crippen LogP contribution in [0.5, 0.6) is 0 Å². The largest absolute Gasteiger partial charge is 0.416 e. The van der Waals surface area contributed by atoms with Crippen molar-refractivity contribution in [2.24, 2.45) is 0 Å². The van der Waals surface area contributed by atoms with Crippen molar-refractivity contribution < 1.29 is 18.0 Å². The molecule has 1 aromatic carbocycles. The first-order valence-corrected chi connectivity index (χ1v) is 4.63. The van der Waals surface area contributed by atoms with Crippen LogP contribution < -0.4 is 0 Å². The van der Waals surface area contributed by atoms with E-state index in [2.05, 4.69) is 0 Å². The number of alkyl halides is 3. The van der Waals surface area contributed by atoms with Gasteiger partial charge in [0.15, 0.2) is 5.78 Å². The lowest BCUT2D eigenvalue weighted by atomic mass is 10.0. The Balaban J connectivity index is 2.87. The van der Waals surface area contributed by atoms with Crippen LogP contribution in [0.2, 0.25) is 0 Å². The molecule has 0 aliphatic rings. The van der Waals surface area contributed by atoms with E-state index < -0.39 is 17.5 Å². The molecule has 0 saturated carbocycles. The number of carbonyl (C=O) groups is 1. The normalized spacial score (nSPS) is 11.2. The van der Waals surface area contributed by atoms with Crippen molar-refractivity contribution in [3.8, 4) is 0 Å². The van der Waals surface area contributed by atoms with E-state index in [-0.39, 0.29) is 18.4 Å². The molecule has 1 N–H and O–H groups in total. The average molecular weight is 229 g/mol. The summed E-state index contributed by atoms with van der Waals surface area (Å²) in [4.78, 5) is 10.8. The Morgan fingerprint density at radius 2 is 1.94 bits per heavy atom. The molecule has 1 aromatic rings. The fourth-order valence-corrected chi connectivity index (χ4v) is 1.34. The van der Waals surface area contributed by atoms with Gasteiger partial charge in [0.1, 0.15) is 0 Å². The zero-order valence-electron chi connectivity index (χ0n) is 8.34. The first kappa shape index (κ1) is 12.4. The summed E-state index contributed by atoms with van der Waals surface area (Å²) in [5.74, 6) is -0.475. The lowest BCUT2D eigenvalue weighted by Gasteiger charge is -2.11. The maximum absolute atomic E-state index is 12.5. The molecule has 0 bridgehead atoms. The molecule has 0 saturated heterocycles. The first-order valence-electron chi connectivity index (χ1n) is 4.63. The lowest BCUT2D eigenvalue weighted by molar-refractivity contribution is -0.138. The molecule has 5 heteroatoms. The molecule has 16 heavy (non-hydrogen) atoms. The number of Topliss-reactive ketones (excluding diaryl/α,β-unsaturated/α-hetero) is 1. The summed E-state index contributed by atoms with van der Waals surface area (Å²) in [7, 11) is 0. The highest BCUT2D eigenvalue weighted by atomic mass is 19.4. The molecule has 0 unspecified atom stereocenters. The van der Waals surface area contributed by atoms with E-state index >= 15 is 0 Å². The first-order chi connectivity index (χ1) is 7.45. The number of hydrogen-bond donors (Lipinski definition) is 1. The van der Waals surface area contributed by atoms with E-state index in [1.54, 1.807) is 0 Å². The highest BCUT2D eigenvalue weighted by Crippen LogP contribution is 2.32. The number of hydrogen-bond acceptors (Lipinski definition) is 2. The number of aryl methyl sites for hydroxylation is 1. The summed E-state index contributed by atoms with van der Waals surface area (Å²) in [6, 6.07) is 5.15. The van der Waals surface area contributed by atoms with E-state index in [1.165, 1.54) is 18.2 Å². The molecule has 0 heterocycles. The quantitative estimate of drug-likeness (QED) is 0.792. The molecule has 0 amide bonds. The van der Waals surface area contributed by atoms with Crippen molar-refractivity contribution in [3.05, 3.63) is 35.4 Å². The van der Waals surface area contributed by atoms with Crippen LogP contribution in [0.1, 0.15) is 17.5 Å². The van der Waals surface area contributed by atoms with Crippen LogP contribution in [0.25, 0.3) is 0 Å². The van der Waals surface area contributed by atoms with Gasteiger partial charge < -0.3 is 5.41 Å². The Morgan fingerprint density at radius 3 is 2.50 bits per heavy atom. The van der Waals surface area contributed by atoms with Crippen LogP contribution in [0.15, 0.2) is 24.3 Å². The predicted molar refractivity (Wildman–Crippen MR) is 53.6 cm³/mol. The number of rotatable bonds is 4. The van der Waals surface area contributed by atoms with E-state index in [9.17, 15) is 18.0 Å². The van der Waals surface area contributed by atoms with Gasteiger partial charge in [0.25, 0.3) is 0 Å². The molecule has 0 aromatic heterocycles. The monoisotopic (exact) mass is 229 g/mol. The summed E-state index contributed by atoms with van der Waals surface area (Å²) in [5.41, 5.74) is -0.627. The Hall–Kier alpha value is -1.65. The predicted octanol–water partition coefficient (Wildman–Crippen LogP) is 2.86. The van der Waals surface area contributed by atoms with Gasteiger partial charge in [-0.3, -0.25) is 4.79 Å². The molecule has 0 spiro atoms. The van der Waals surface area contributed by atoms with Gasteiger partial charge in [0, 0.05) is 6.42 Å². The number of ketones is 1. The summed E-state index contributed by atoms with van der Waals surface area (Å²) in [5, 5.41) is 6.65. The van der Waals surface area contributed by atoms with Crippen LogP contribution in [0, 0.1) is 5.41 Å². The molecule has 0 aliphatic carbocycles. The third-order valence-electron chi connectivity index (χ3n) is 2.12. The third kappa shape index (κ3) is 3.18. The molecule has 0 aliphatic heterocycles. The second-order valence-corrected chi connectivity index (χ2v) is 3.27. The standard InChI is InChI=1S/C11H10F3NO/c12-11(13,14)10-4-2-1-3-8(10)5-6-9(16)7-15/h1-4,7,15H,5-6H2. The minimum atomic E-state index is -4.40. The Bertz CT molecular complexity index is 398. The lowest BCUT2D eigenvalue weighted by Crippen LogP contribution is -2.10. The Morgan fingerprint density at radius 1 is 1.31 bits per heavy atom. The molecule has 0 radical (unpaired) electrons. The van der Waals surface area contributed by atoms with Gasteiger partial charge in [-0.05, 0) is 18.1 Å². The summed E-state index contributed by atoms with van der Waals surface area (Å²) < 4.78 is 37.6. The fourth-order valence-electron chi connectivity index (χ4n) is 1.34. The molecule has 2 nitrogen and oxygen atoms in total. The van der Waals surface area contributed by atoms with Crippen molar-refractivity contribution >= 4 is 12.0 Å². The molecular formula is C11H10F3NO. The van der Waals surface area contributed by atoms with Gasteiger partial charge in [0.05, 0.1) is 11.8 Å². The van der Waals surface area contributed by atoms with Crippen LogP contribution >= 0.6 is 0 Å². The van der Waals surface area contributed by atoms with Crippen molar-refractivity contribution in [1.29, 1.82) is 5.41 Å². The summed E-state index contributed by atoms with van der Waals surface area (Å²) >= 11 is 0. The van der Waals surface area contributed by atoms with Gasteiger partial charge in [-0.15, -0.1) is 0 Å². The minimum Gasteiger partial charge on any atom is -0.305 e. The van der Waals surface area contributed by atoms with E-state index in [0.717, 1.165) is 6.07 Å². The smallest absolute Gasteiger partial charge is 0.305 e. The summed E-state index contributed by atoms with van der Waals surface area (Å²) in [6.07, 6.45) is -3.85. The average Bonchev–Trinajstić information content (AvgIpc) is 2.25. The minimum absolute atomic E-state index is 0.00387. The Kier molecular flexibility index (Phi) is 3.82. The fraction of sp³-hybridized carbons (Fsp3) is 0.273.